The molecule has 4 aromatic rings. The molecule has 0 unspecified atom stereocenters. The van der Waals surface area contributed by atoms with E-state index >= 15 is 0 Å². The molecule has 0 atom stereocenters. The molecule has 0 fully saturated rings. The predicted molar refractivity (Wildman–Crippen MR) is 144 cm³/mol. The van der Waals surface area contributed by atoms with E-state index in [1.54, 1.807) is 0 Å². The Morgan fingerprint density at radius 3 is 2.42 bits per heavy atom. The maximum Gasteiger partial charge on any atom is 0.440 e. The lowest BCUT2D eigenvalue weighted by atomic mass is 9.94. The monoisotopic (exact) mass is 517 g/mol. The van der Waals surface area contributed by atoms with Gasteiger partial charge in [0.2, 0.25) is 5.91 Å². The number of carbonyl (C=O) groups excluding carboxylic acids is 1. The van der Waals surface area contributed by atoms with Gasteiger partial charge in [0.05, 0.1) is 13.2 Å². The van der Waals surface area contributed by atoms with Crippen LogP contribution < -0.4 is 26.2 Å². The van der Waals surface area contributed by atoms with Gasteiger partial charge in [0.15, 0.2) is 0 Å². The Balaban J connectivity index is 1.38. The smallest absolute Gasteiger partial charge is 0.440 e. The van der Waals surface area contributed by atoms with Crippen molar-refractivity contribution in [1.82, 2.24) is 15.0 Å². The minimum atomic E-state index is -0.776. The van der Waals surface area contributed by atoms with Crippen molar-refractivity contribution in [1.29, 1.82) is 0 Å². The summed E-state index contributed by atoms with van der Waals surface area (Å²) in [5.74, 6) is 0.684. The number of rotatable bonds is 11. The van der Waals surface area contributed by atoms with Crippen molar-refractivity contribution < 1.29 is 18.8 Å². The Kier molecular flexibility index (Phi) is 8.47. The number of H-pyrrole nitrogens is 1. The van der Waals surface area contributed by atoms with Crippen LogP contribution >= 0.6 is 0 Å². The number of nitrogens with one attached hydrogen (secondary N) is 2. The van der Waals surface area contributed by atoms with E-state index < -0.39 is 11.4 Å². The molecule has 2 N–H and O–H groups in total. The van der Waals surface area contributed by atoms with Gasteiger partial charge >= 0.3 is 11.4 Å². The summed E-state index contributed by atoms with van der Waals surface area (Å²) in [6, 6.07) is 19.5. The van der Waals surface area contributed by atoms with Gasteiger partial charge in [-0.05, 0) is 77.9 Å². The molecule has 0 saturated heterocycles. The molecule has 1 heterocycles. The third-order valence-corrected chi connectivity index (χ3v) is 6.17. The van der Waals surface area contributed by atoms with Gasteiger partial charge in [-0.15, -0.1) is 4.74 Å². The molecule has 1 aromatic heterocycles. The van der Waals surface area contributed by atoms with Crippen molar-refractivity contribution >= 4 is 5.91 Å². The molecule has 9 nitrogen and oxygen atoms in total. The molecule has 3 aromatic carbocycles. The summed E-state index contributed by atoms with van der Waals surface area (Å²) in [6.45, 7) is 7.34. The lowest BCUT2D eigenvalue weighted by Crippen LogP contribution is -2.22. The number of hydrogen-bond donors (Lipinski definition) is 2. The minimum absolute atomic E-state index is 0.0362. The second-order valence-electron chi connectivity index (χ2n) is 9.03. The van der Waals surface area contributed by atoms with Gasteiger partial charge in [-0.2, -0.15) is 0 Å². The molecule has 0 spiro atoms. The van der Waals surface area contributed by atoms with Crippen LogP contribution in [-0.4, -0.2) is 28.8 Å². The fraction of sp³-hybridized carbons (Fsp3) is 0.276. The minimum Gasteiger partial charge on any atom is -0.494 e. The van der Waals surface area contributed by atoms with E-state index in [9.17, 15) is 14.4 Å². The van der Waals surface area contributed by atoms with Crippen LogP contribution in [0.3, 0.4) is 0 Å². The Morgan fingerprint density at radius 1 is 0.974 bits per heavy atom. The summed E-state index contributed by atoms with van der Waals surface area (Å²) in [6.07, 6.45) is 0.745. The standard InChI is InChI=1S/C29H31N3O6/c1-19-16-25(36-15-5-14-30-21(3)33)12-13-26(19)27-7-4-6-23(20(27)2)18-37-24-10-8-22(9-11-24)17-32-28(34)31-29(35)38-32/h4,6-13,16H,5,14-15,17-18H2,1-3H3,(H,30,33)(H,31,34,35). The van der Waals surface area contributed by atoms with Crippen molar-refractivity contribution in [3.8, 4) is 22.6 Å². The lowest BCUT2D eigenvalue weighted by Gasteiger charge is -2.15. The number of benzene rings is 3. The van der Waals surface area contributed by atoms with Gasteiger partial charge in [0.25, 0.3) is 0 Å². The van der Waals surface area contributed by atoms with Crippen LogP contribution in [0.1, 0.15) is 35.6 Å². The molecule has 4 rings (SSSR count). The van der Waals surface area contributed by atoms with Crippen LogP contribution in [-0.2, 0) is 17.9 Å². The molecular formula is C29H31N3O6. The number of hydrogen-bond acceptors (Lipinski definition) is 6. The van der Waals surface area contributed by atoms with Gasteiger partial charge in [-0.1, -0.05) is 36.4 Å². The first-order chi connectivity index (χ1) is 18.3. The van der Waals surface area contributed by atoms with Gasteiger partial charge < -0.3 is 19.3 Å². The summed E-state index contributed by atoms with van der Waals surface area (Å²) in [4.78, 5) is 35.8. The number of ether oxygens (including phenoxy) is 2. The van der Waals surface area contributed by atoms with Gasteiger partial charge in [-0.3, -0.25) is 4.79 Å². The highest BCUT2D eigenvalue weighted by Gasteiger charge is 2.11. The summed E-state index contributed by atoms with van der Waals surface area (Å²) < 4.78 is 17.7. The summed E-state index contributed by atoms with van der Waals surface area (Å²) in [5, 5.41) is 2.77. The van der Waals surface area contributed by atoms with Gasteiger partial charge in [-0.25, -0.2) is 14.6 Å². The highest BCUT2D eigenvalue weighted by atomic mass is 16.5. The molecule has 1 amide bonds. The highest BCUT2D eigenvalue weighted by Crippen LogP contribution is 2.31. The number of aromatic amines is 1. The maximum atomic E-state index is 11.6. The molecule has 0 aliphatic rings. The fourth-order valence-electron chi connectivity index (χ4n) is 4.12. The molecular weight excluding hydrogens is 486 g/mol. The second-order valence-corrected chi connectivity index (χ2v) is 9.03. The summed E-state index contributed by atoms with van der Waals surface area (Å²) >= 11 is 0. The van der Waals surface area contributed by atoms with Crippen molar-refractivity contribution in [3.63, 3.8) is 0 Å². The third kappa shape index (κ3) is 6.82. The second kappa shape index (κ2) is 12.1. The number of amides is 1. The van der Waals surface area contributed by atoms with Crippen LogP contribution in [0.25, 0.3) is 11.1 Å². The zero-order valence-corrected chi connectivity index (χ0v) is 21.7. The highest BCUT2D eigenvalue weighted by molar-refractivity contribution is 5.73. The molecule has 0 aliphatic carbocycles. The number of carbonyl (C=O) groups is 1. The zero-order valence-electron chi connectivity index (χ0n) is 21.7. The average Bonchev–Trinajstić information content (AvgIpc) is 3.20. The summed E-state index contributed by atoms with van der Waals surface area (Å²) in [5.41, 5.74) is 5.81. The molecule has 0 bridgehead atoms. The predicted octanol–water partition coefficient (Wildman–Crippen LogP) is 3.95. The first kappa shape index (κ1) is 26.5. The Bertz CT molecular complexity index is 1510. The fourth-order valence-corrected chi connectivity index (χ4v) is 4.12. The van der Waals surface area contributed by atoms with E-state index in [1.807, 2.05) is 42.5 Å². The van der Waals surface area contributed by atoms with Crippen LogP contribution in [0, 0.1) is 13.8 Å². The molecule has 198 valence electrons. The van der Waals surface area contributed by atoms with Crippen LogP contribution in [0.2, 0.25) is 0 Å². The molecule has 0 aliphatic heterocycles. The largest absolute Gasteiger partial charge is 0.494 e. The Morgan fingerprint density at radius 2 is 1.74 bits per heavy atom. The van der Waals surface area contributed by atoms with Crippen LogP contribution in [0.5, 0.6) is 11.5 Å². The zero-order chi connectivity index (χ0) is 27.1. The van der Waals surface area contributed by atoms with E-state index in [4.69, 9.17) is 14.0 Å². The molecule has 0 saturated carbocycles. The van der Waals surface area contributed by atoms with E-state index in [2.05, 4.69) is 42.3 Å². The van der Waals surface area contributed by atoms with Crippen LogP contribution in [0.15, 0.2) is 74.8 Å². The number of aryl methyl sites for hydroxylation is 1. The Labute approximate surface area is 220 Å². The van der Waals surface area contributed by atoms with E-state index in [0.717, 1.165) is 50.3 Å². The number of nitrogens with zero attached hydrogens (tertiary/aromatic N) is 1. The average molecular weight is 518 g/mol. The van der Waals surface area contributed by atoms with Gasteiger partial charge in [0, 0.05) is 13.5 Å². The lowest BCUT2D eigenvalue weighted by molar-refractivity contribution is -0.118. The van der Waals surface area contributed by atoms with Gasteiger partial charge in [0.1, 0.15) is 18.1 Å². The number of aromatic nitrogens is 2. The Hall–Kier alpha value is -4.53. The van der Waals surface area contributed by atoms with Crippen molar-refractivity contribution in [2.45, 2.75) is 40.3 Å². The first-order valence-electron chi connectivity index (χ1n) is 12.4. The quantitative estimate of drug-likeness (QED) is 0.291. The van der Waals surface area contributed by atoms with Crippen molar-refractivity contribution in [2.75, 3.05) is 13.2 Å². The topological polar surface area (TPSA) is 116 Å². The van der Waals surface area contributed by atoms with E-state index in [1.165, 1.54) is 6.92 Å². The van der Waals surface area contributed by atoms with E-state index in [0.29, 0.717) is 25.5 Å². The molecule has 0 radical (unpaired) electrons. The molecule has 38 heavy (non-hydrogen) atoms. The van der Waals surface area contributed by atoms with Crippen LogP contribution in [0.4, 0.5) is 0 Å². The van der Waals surface area contributed by atoms with Crippen molar-refractivity contribution in [3.05, 3.63) is 104 Å². The maximum absolute atomic E-state index is 11.6. The van der Waals surface area contributed by atoms with Crippen molar-refractivity contribution in [2.24, 2.45) is 0 Å². The van der Waals surface area contributed by atoms with E-state index in [-0.39, 0.29) is 12.5 Å². The summed E-state index contributed by atoms with van der Waals surface area (Å²) in [7, 11) is 0. The molecule has 9 heteroatoms. The third-order valence-electron chi connectivity index (χ3n) is 6.17. The SMILES string of the molecule is CC(=O)NCCCOc1ccc(-c2cccc(COc3ccc(Cn4oc(=O)[nH]c4=O)cc3)c2C)c(C)c1. The normalized spacial score (nSPS) is 10.8. The first-order valence-corrected chi connectivity index (χ1v) is 12.4.